The highest BCUT2D eigenvalue weighted by Gasteiger charge is 2.19. The molecule has 1 aromatic heterocycles. The summed E-state index contributed by atoms with van der Waals surface area (Å²) in [7, 11) is 0. The first-order valence-corrected chi connectivity index (χ1v) is 6.79. The van der Waals surface area contributed by atoms with Crippen LogP contribution in [0.15, 0.2) is 18.5 Å². The first-order valence-electron chi connectivity index (χ1n) is 6.79. The fourth-order valence-electron chi connectivity index (χ4n) is 2.38. The number of anilines is 1. The molecule has 2 rings (SSSR count). The smallest absolute Gasteiger partial charge is 0.225 e. The Bertz CT molecular complexity index is 334. The molecule has 0 aromatic carbocycles. The largest absolute Gasteiger partial charge is 0.338 e. The average molecular weight is 249 g/mol. The average Bonchev–Trinajstić information content (AvgIpc) is 2.41. The molecule has 18 heavy (non-hydrogen) atoms. The van der Waals surface area contributed by atoms with Gasteiger partial charge in [0, 0.05) is 51.2 Å². The lowest BCUT2D eigenvalue weighted by Gasteiger charge is -2.35. The van der Waals surface area contributed by atoms with E-state index in [1.54, 1.807) is 12.4 Å². The molecule has 0 bridgehead atoms. The number of nitrogens with two attached hydrogens (primary N) is 1. The normalized spacial score (nSPS) is 18.9. The molecule has 1 aliphatic rings. The minimum Gasteiger partial charge on any atom is -0.338 e. The van der Waals surface area contributed by atoms with Crippen LogP contribution in [0.2, 0.25) is 0 Å². The Morgan fingerprint density at radius 2 is 1.89 bits per heavy atom. The summed E-state index contributed by atoms with van der Waals surface area (Å²) in [5.74, 6) is 0.843. The van der Waals surface area contributed by atoms with E-state index in [1.165, 1.54) is 6.42 Å². The molecule has 100 valence electrons. The predicted molar refractivity (Wildman–Crippen MR) is 73.6 cm³/mol. The molecule has 0 saturated carbocycles. The highest BCUT2D eigenvalue weighted by molar-refractivity contribution is 5.29. The molecule has 5 nitrogen and oxygen atoms in total. The lowest BCUT2D eigenvalue weighted by atomic mass is 10.1. The Labute approximate surface area is 109 Å². The number of hydrogen-bond acceptors (Lipinski definition) is 5. The van der Waals surface area contributed by atoms with E-state index in [9.17, 15) is 0 Å². The Balaban J connectivity index is 1.78. The molecule has 2 N–H and O–H groups in total. The Hall–Kier alpha value is -1.20. The summed E-state index contributed by atoms with van der Waals surface area (Å²) in [5.41, 5.74) is 6.08. The van der Waals surface area contributed by atoms with Crippen molar-refractivity contribution in [1.29, 1.82) is 0 Å². The van der Waals surface area contributed by atoms with E-state index in [0.29, 0.717) is 6.04 Å². The van der Waals surface area contributed by atoms with Gasteiger partial charge in [-0.1, -0.05) is 13.3 Å². The fourth-order valence-corrected chi connectivity index (χ4v) is 2.38. The number of nitrogens with zero attached hydrogens (tertiary/aromatic N) is 4. The van der Waals surface area contributed by atoms with Gasteiger partial charge in [-0.25, -0.2) is 9.97 Å². The third-order valence-corrected chi connectivity index (χ3v) is 3.36. The maximum atomic E-state index is 6.08. The zero-order chi connectivity index (χ0) is 12.8. The van der Waals surface area contributed by atoms with Crippen molar-refractivity contribution in [3.63, 3.8) is 0 Å². The zero-order valence-electron chi connectivity index (χ0n) is 11.1. The van der Waals surface area contributed by atoms with Crippen LogP contribution in [0, 0.1) is 0 Å². The summed E-state index contributed by atoms with van der Waals surface area (Å²) in [6.45, 7) is 7.28. The maximum absolute atomic E-state index is 6.08. The van der Waals surface area contributed by atoms with Crippen molar-refractivity contribution < 1.29 is 0 Å². The second kappa shape index (κ2) is 6.66. The third kappa shape index (κ3) is 3.65. The maximum Gasteiger partial charge on any atom is 0.225 e. The fraction of sp³-hybridized carbons (Fsp3) is 0.692. The summed E-state index contributed by atoms with van der Waals surface area (Å²) in [5, 5.41) is 0. The Morgan fingerprint density at radius 3 is 2.50 bits per heavy atom. The van der Waals surface area contributed by atoms with Gasteiger partial charge in [0.25, 0.3) is 0 Å². The zero-order valence-corrected chi connectivity index (χ0v) is 11.1. The second-order valence-corrected chi connectivity index (χ2v) is 4.89. The van der Waals surface area contributed by atoms with Gasteiger partial charge in [-0.3, -0.25) is 4.90 Å². The van der Waals surface area contributed by atoms with E-state index in [0.717, 1.165) is 45.1 Å². The van der Waals surface area contributed by atoms with Crippen LogP contribution >= 0.6 is 0 Å². The molecule has 0 amide bonds. The monoisotopic (exact) mass is 249 g/mol. The predicted octanol–water partition coefficient (Wildman–Crippen LogP) is 0.726. The van der Waals surface area contributed by atoms with Gasteiger partial charge < -0.3 is 10.6 Å². The Kier molecular flexibility index (Phi) is 4.90. The van der Waals surface area contributed by atoms with Gasteiger partial charge in [0.2, 0.25) is 5.95 Å². The summed E-state index contributed by atoms with van der Waals surface area (Å²) in [6.07, 6.45) is 5.87. The molecular weight excluding hydrogens is 226 g/mol. The summed E-state index contributed by atoms with van der Waals surface area (Å²) in [4.78, 5) is 13.3. The summed E-state index contributed by atoms with van der Waals surface area (Å²) in [6, 6.07) is 2.17. The van der Waals surface area contributed by atoms with E-state index < -0.39 is 0 Å². The Morgan fingerprint density at radius 1 is 1.22 bits per heavy atom. The SMILES string of the molecule is CCC[C@@H](N)CN1CCN(c2ncccn2)CC1. The second-order valence-electron chi connectivity index (χ2n) is 4.89. The van der Waals surface area contributed by atoms with Crippen LogP contribution in [0.5, 0.6) is 0 Å². The summed E-state index contributed by atoms with van der Waals surface area (Å²) < 4.78 is 0. The van der Waals surface area contributed by atoms with Crippen LogP contribution in [0.25, 0.3) is 0 Å². The topological polar surface area (TPSA) is 58.3 Å². The van der Waals surface area contributed by atoms with Crippen molar-refractivity contribution >= 4 is 5.95 Å². The van der Waals surface area contributed by atoms with Gasteiger partial charge >= 0.3 is 0 Å². The lowest BCUT2D eigenvalue weighted by molar-refractivity contribution is 0.237. The van der Waals surface area contributed by atoms with Crippen LogP contribution in [0.1, 0.15) is 19.8 Å². The van der Waals surface area contributed by atoms with Gasteiger partial charge in [0.05, 0.1) is 0 Å². The molecule has 0 unspecified atom stereocenters. The molecule has 0 radical (unpaired) electrons. The molecule has 1 saturated heterocycles. The molecule has 1 aromatic rings. The molecule has 1 fully saturated rings. The van der Waals surface area contributed by atoms with Crippen LogP contribution in [0.3, 0.4) is 0 Å². The van der Waals surface area contributed by atoms with E-state index in [-0.39, 0.29) is 0 Å². The number of hydrogen-bond donors (Lipinski definition) is 1. The molecule has 0 aliphatic carbocycles. The van der Waals surface area contributed by atoms with Crippen molar-refractivity contribution in [3.05, 3.63) is 18.5 Å². The van der Waals surface area contributed by atoms with Crippen molar-refractivity contribution in [2.45, 2.75) is 25.8 Å². The van der Waals surface area contributed by atoms with E-state index in [1.807, 2.05) is 6.07 Å². The van der Waals surface area contributed by atoms with Gasteiger partial charge in [0.15, 0.2) is 0 Å². The highest BCUT2D eigenvalue weighted by atomic mass is 15.3. The number of aromatic nitrogens is 2. The third-order valence-electron chi connectivity index (χ3n) is 3.36. The minimum atomic E-state index is 0.314. The van der Waals surface area contributed by atoms with Crippen LogP contribution in [0.4, 0.5) is 5.95 Å². The van der Waals surface area contributed by atoms with Gasteiger partial charge in [-0.05, 0) is 12.5 Å². The molecule has 5 heteroatoms. The standard InChI is InChI=1S/C13H23N5/c1-2-4-12(14)11-17-7-9-18(10-8-17)13-15-5-3-6-16-13/h3,5-6,12H,2,4,7-11,14H2,1H3/t12-/m1/s1. The quantitative estimate of drug-likeness (QED) is 0.833. The van der Waals surface area contributed by atoms with Crippen LogP contribution in [-0.2, 0) is 0 Å². The van der Waals surface area contributed by atoms with Crippen molar-refractivity contribution in [2.24, 2.45) is 5.73 Å². The number of piperazine rings is 1. The van der Waals surface area contributed by atoms with Crippen LogP contribution in [-0.4, -0.2) is 53.6 Å². The molecule has 0 spiro atoms. The van der Waals surface area contributed by atoms with Gasteiger partial charge in [-0.2, -0.15) is 0 Å². The molecule has 2 heterocycles. The van der Waals surface area contributed by atoms with Crippen molar-refractivity contribution in [3.8, 4) is 0 Å². The van der Waals surface area contributed by atoms with Crippen molar-refractivity contribution in [1.82, 2.24) is 14.9 Å². The summed E-state index contributed by atoms with van der Waals surface area (Å²) >= 11 is 0. The molecule has 1 atom stereocenters. The lowest BCUT2D eigenvalue weighted by Crippen LogP contribution is -2.50. The van der Waals surface area contributed by atoms with Gasteiger partial charge in [-0.15, -0.1) is 0 Å². The number of rotatable bonds is 5. The van der Waals surface area contributed by atoms with E-state index >= 15 is 0 Å². The van der Waals surface area contributed by atoms with Crippen molar-refractivity contribution in [2.75, 3.05) is 37.6 Å². The van der Waals surface area contributed by atoms with E-state index in [4.69, 9.17) is 5.73 Å². The van der Waals surface area contributed by atoms with E-state index in [2.05, 4.69) is 26.7 Å². The minimum absolute atomic E-state index is 0.314. The first kappa shape index (κ1) is 13.2. The molecule has 1 aliphatic heterocycles. The first-order chi connectivity index (χ1) is 8.79. The van der Waals surface area contributed by atoms with Gasteiger partial charge in [0.1, 0.15) is 0 Å². The molecular formula is C13H23N5. The highest BCUT2D eigenvalue weighted by Crippen LogP contribution is 2.10. The van der Waals surface area contributed by atoms with Crippen LogP contribution < -0.4 is 10.6 Å².